The van der Waals surface area contributed by atoms with Gasteiger partial charge in [-0.2, -0.15) is 0 Å². The zero-order valence-corrected chi connectivity index (χ0v) is 13.0. The zero-order chi connectivity index (χ0) is 15.1. The summed E-state index contributed by atoms with van der Waals surface area (Å²) in [6.45, 7) is 7.29. The predicted octanol–water partition coefficient (Wildman–Crippen LogP) is 3.30. The van der Waals surface area contributed by atoms with Gasteiger partial charge in [0.1, 0.15) is 0 Å². The van der Waals surface area contributed by atoms with Crippen molar-refractivity contribution in [1.82, 2.24) is 9.88 Å². The van der Waals surface area contributed by atoms with Gasteiger partial charge in [0.05, 0.1) is 0 Å². The molecule has 0 saturated heterocycles. The van der Waals surface area contributed by atoms with Crippen molar-refractivity contribution in [3.63, 3.8) is 0 Å². The second-order valence-corrected chi connectivity index (χ2v) is 5.53. The molecule has 21 heavy (non-hydrogen) atoms. The number of hydrogen-bond donors (Lipinski definition) is 1. The molecule has 0 amide bonds. The molecular formula is C18H25N3. The number of pyridine rings is 1. The summed E-state index contributed by atoms with van der Waals surface area (Å²) in [5.41, 5.74) is 10.1. The molecule has 112 valence electrons. The minimum Gasteiger partial charge on any atom is -0.324 e. The van der Waals surface area contributed by atoms with E-state index in [2.05, 4.69) is 60.1 Å². The van der Waals surface area contributed by atoms with Crippen LogP contribution in [0.5, 0.6) is 0 Å². The minimum atomic E-state index is 0.108. The van der Waals surface area contributed by atoms with Crippen molar-refractivity contribution in [2.75, 3.05) is 13.1 Å². The van der Waals surface area contributed by atoms with Crippen molar-refractivity contribution < 1.29 is 0 Å². The Morgan fingerprint density at radius 1 is 1.10 bits per heavy atom. The Morgan fingerprint density at radius 2 is 1.76 bits per heavy atom. The molecule has 0 aliphatic rings. The molecule has 1 unspecified atom stereocenters. The van der Waals surface area contributed by atoms with Crippen LogP contribution in [0.3, 0.4) is 0 Å². The monoisotopic (exact) mass is 283 g/mol. The minimum absolute atomic E-state index is 0.108. The largest absolute Gasteiger partial charge is 0.324 e. The van der Waals surface area contributed by atoms with Crippen LogP contribution in [-0.2, 0) is 6.54 Å². The maximum absolute atomic E-state index is 6.30. The van der Waals surface area contributed by atoms with Crippen LogP contribution >= 0.6 is 0 Å². The predicted molar refractivity (Wildman–Crippen MR) is 87.9 cm³/mol. The number of benzene rings is 1. The van der Waals surface area contributed by atoms with E-state index in [1.807, 2.05) is 12.4 Å². The second kappa shape index (κ2) is 7.91. The molecule has 0 aliphatic heterocycles. The number of nitrogens with two attached hydrogens (primary N) is 1. The molecule has 3 heteroatoms. The molecule has 1 heterocycles. The number of nitrogens with zero attached hydrogens (tertiary/aromatic N) is 2. The summed E-state index contributed by atoms with van der Waals surface area (Å²) >= 11 is 0. The average molecular weight is 283 g/mol. The lowest BCUT2D eigenvalue weighted by Crippen LogP contribution is -2.27. The number of hydrogen-bond acceptors (Lipinski definition) is 3. The van der Waals surface area contributed by atoms with E-state index in [4.69, 9.17) is 5.73 Å². The Kier molecular flexibility index (Phi) is 5.90. The van der Waals surface area contributed by atoms with Crippen LogP contribution in [0.2, 0.25) is 0 Å². The lowest BCUT2D eigenvalue weighted by atomic mass is 10.0. The van der Waals surface area contributed by atoms with Gasteiger partial charge in [0, 0.05) is 31.5 Å². The first-order valence-corrected chi connectivity index (χ1v) is 7.62. The van der Waals surface area contributed by atoms with Gasteiger partial charge in [-0.15, -0.1) is 0 Å². The van der Waals surface area contributed by atoms with Crippen LogP contribution in [0, 0.1) is 6.92 Å². The molecule has 1 aromatic carbocycles. The van der Waals surface area contributed by atoms with E-state index in [-0.39, 0.29) is 6.04 Å². The molecule has 2 rings (SSSR count). The second-order valence-electron chi connectivity index (χ2n) is 5.53. The summed E-state index contributed by atoms with van der Waals surface area (Å²) in [5.74, 6) is 0. The SMILES string of the molecule is CCN(CCC(N)c1ccc(C)cc1)Cc1ccncc1. The Bertz CT molecular complexity index is 522. The van der Waals surface area contributed by atoms with Gasteiger partial charge in [-0.3, -0.25) is 9.88 Å². The van der Waals surface area contributed by atoms with Crippen LogP contribution in [0.4, 0.5) is 0 Å². The molecule has 1 aromatic heterocycles. The van der Waals surface area contributed by atoms with E-state index < -0.39 is 0 Å². The Morgan fingerprint density at radius 3 is 2.38 bits per heavy atom. The highest BCUT2D eigenvalue weighted by atomic mass is 15.1. The third-order valence-electron chi connectivity index (χ3n) is 3.86. The highest BCUT2D eigenvalue weighted by Gasteiger charge is 2.09. The Labute approximate surface area is 127 Å². The zero-order valence-electron chi connectivity index (χ0n) is 13.0. The molecule has 2 aromatic rings. The lowest BCUT2D eigenvalue weighted by Gasteiger charge is -2.22. The van der Waals surface area contributed by atoms with E-state index in [0.29, 0.717) is 0 Å². The van der Waals surface area contributed by atoms with Crippen molar-refractivity contribution in [3.8, 4) is 0 Å². The summed E-state index contributed by atoms with van der Waals surface area (Å²) in [4.78, 5) is 6.48. The summed E-state index contributed by atoms with van der Waals surface area (Å²) in [7, 11) is 0. The molecule has 0 aliphatic carbocycles. The fraction of sp³-hybridized carbons (Fsp3) is 0.389. The van der Waals surface area contributed by atoms with Crippen LogP contribution in [0.15, 0.2) is 48.8 Å². The molecular weight excluding hydrogens is 258 g/mol. The topological polar surface area (TPSA) is 42.1 Å². The van der Waals surface area contributed by atoms with E-state index in [9.17, 15) is 0 Å². The smallest absolute Gasteiger partial charge is 0.0307 e. The van der Waals surface area contributed by atoms with Gasteiger partial charge in [0.15, 0.2) is 0 Å². The summed E-state index contributed by atoms with van der Waals surface area (Å²) in [6.07, 6.45) is 4.67. The summed E-state index contributed by atoms with van der Waals surface area (Å²) in [5, 5.41) is 0. The van der Waals surface area contributed by atoms with Crippen molar-refractivity contribution in [2.24, 2.45) is 5.73 Å². The number of aryl methyl sites for hydroxylation is 1. The van der Waals surface area contributed by atoms with Crippen molar-refractivity contribution in [1.29, 1.82) is 0 Å². The van der Waals surface area contributed by atoms with Crippen LogP contribution in [0.25, 0.3) is 0 Å². The average Bonchev–Trinajstić information content (AvgIpc) is 2.52. The van der Waals surface area contributed by atoms with Crippen molar-refractivity contribution in [3.05, 3.63) is 65.5 Å². The van der Waals surface area contributed by atoms with E-state index >= 15 is 0 Å². The van der Waals surface area contributed by atoms with Crippen LogP contribution in [0.1, 0.15) is 36.1 Å². The molecule has 0 saturated carbocycles. The fourth-order valence-corrected chi connectivity index (χ4v) is 2.40. The lowest BCUT2D eigenvalue weighted by molar-refractivity contribution is 0.268. The van der Waals surface area contributed by atoms with Gasteiger partial charge in [-0.1, -0.05) is 36.8 Å². The fourth-order valence-electron chi connectivity index (χ4n) is 2.40. The van der Waals surface area contributed by atoms with Crippen LogP contribution in [-0.4, -0.2) is 23.0 Å². The van der Waals surface area contributed by atoms with Crippen molar-refractivity contribution >= 4 is 0 Å². The maximum Gasteiger partial charge on any atom is 0.0307 e. The first-order valence-electron chi connectivity index (χ1n) is 7.62. The standard InChI is InChI=1S/C18H25N3/c1-3-21(14-16-8-11-20-12-9-16)13-10-18(19)17-6-4-15(2)5-7-17/h4-9,11-12,18H,3,10,13-14,19H2,1-2H3. The molecule has 0 radical (unpaired) electrons. The van der Waals surface area contributed by atoms with E-state index in [1.165, 1.54) is 16.7 Å². The van der Waals surface area contributed by atoms with Gasteiger partial charge in [0.25, 0.3) is 0 Å². The van der Waals surface area contributed by atoms with Crippen molar-refractivity contribution in [2.45, 2.75) is 32.9 Å². The van der Waals surface area contributed by atoms with E-state index in [1.54, 1.807) is 0 Å². The molecule has 3 nitrogen and oxygen atoms in total. The molecule has 0 bridgehead atoms. The molecule has 0 fully saturated rings. The van der Waals surface area contributed by atoms with E-state index in [0.717, 1.165) is 26.1 Å². The van der Waals surface area contributed by atoms with Gasteiger partial charge in [-0.05, 0) is 43.1 Å². The highest BCUT2D eigenvalue weighted by molar-refractivity contribution is 5.23. The molecule has 0 spiro atoms. The normalized spacial score (nSPS) is 12.6. The summed E-state index contributed by atoms with van der Waals surface area (Å²) < 4.78 is 0. The third kappa shape index (κ3) is 4.96. The first kappa shape index (κ1) is 15.7. The Hall–Kier alpha value is -1.71. The summed E-state index contributed by atoms with van der Waals surface area (Å²) in [6, 6.07) is 12.8. The number of rotatable bonds is 7. The Balaban J connectivity index is 1.86. The van der Waals surface area contributed by atoms with Gasteiger partial charge in [0.2, 0.25) is 0 Å². The third-order valence-corrected chi connectivity index (χ3v) is 3.86. The molecule has 2 N–H and O–H groups in total. The number of aromatic nitrogens is 1. The highest BCUT2D eigenvalue weighted by Crippen LogP contribution is 2.16. The van der Waals surface area contributed by atoms with Crippen LogP contribution < -0.4 is 5.73 Å². The quantitative estimate of drug-likeness (QED) is 0.847. The van der Waals surface area contributed by atoms with Gasteiger partial charge >= 0.3 is 0 Å². The first-order chi connectivity index (χ1) is 10.2. The van der Waals surface area contributed by atoms with Gasteiger partial charge < -0.3 is 5.73 Å². The maximum atomic E-state index is 6.30. The van der Waals surface area contributed by atoms with Gasteiger partial charge in [-0.25, -0.2) is 0 Å². The molecule has 1 atom stereocenters.